The Kier molecular flexibility index (Phi) is 3.68. The van der Waals surface area contributed by atoms with Crippen LogP contribution in [0.2, 0.25) is 0 Å². The van der Waals surface area contributed by atoms with E-state index >= 15 is 0 Å². The minimum absolute atomic E-state index is 0.300. The molecule has 2 aromatic rings. The normalized spacial score (nSPS) is 11.0. The van der Waals surface area contributed by atoms with Crippen molar-refractivity contribution < 1.29 is 4.52 Å². The highest BCUT2D eigenvalue weighted by molar-refractivity contribution is 7.98. The second kappa shape index (κ2) is 5.23. The molecule has 0 radical (unpaired) electrons. The lowest BCUT2D eigenvalue weighted by Gasteiger charge is -1.98. The van der Waals surface area contributed by atoms with Crippen molar-refractivity contribution in [1.29, 1.82) is 0 Å². The monoisotopic (exact) mass is 249 g/mol. The maximum atomic E-state index is 5.62. The van der Waals surface area contributed by atoms with Gasteiger partial charge in [-0.15, -0.1) is 11.8 Å². The summed E-state index contributed by atoms with van der Waals surface area (Å²) in [5.41, 5.74) is 6.39. The molecule has 0 unspecified atom stereocenters. The first kappa shape index (κ1) is 12.0. The highest BCUT2D eigenvalue weighted by Crippen LogP contribution is 2.23. The van der Waals surface area contributed by atoms with Crippen LogP contribution in [0.4, 0.5) is 5.69 Å². The molecular weight excluding hydrogens is 234 g/mol. The van der Waals surface area contributed by atoms with Crippen LogP contribution in [-0.4, -0.2) is 10.1 Å². The molecule has 90 valence electrons. The fourth-order valence-electron chi connectivity index (χ4n) is 1.27. The summed E-state index contributed by atoms with van der Waals surface area (Å²) < 4.78 is 5.16. The van der Waals surface area contributed by atoms with Gasteiger partial charge in [0.25, 0.3) is 0 Å². The summed E-state index contributed by atoms with van der Waals surface area (Å²) in [6, 6.07) is 7.74. The van der Waals surface area contributed by atoms with E-state index in [1.54, 1.807) is 11.8 Å². The molecular formula is C12H15N3OS. The molecule has 2 N–H and O–H groups in total. The van der Waals surface area contributed by atoms with Gasteiger partial charge < -0.3 is 10.3 Å². The predicted molar refractivity (Wildman–Crippen MR) is 68.8 cm³/mol. The molecule has 0 saturated carbocycles. The van der Waals surface area contributed by atoms with E-state index in [9.17, 15) is 0 Å². The fourth-order valence-corrected chi connectivity index (χ4v) is 2.01. The number of aromatic nitrogens is 2. The second-order valence-corrected chi connectivity index (χ2v) is 5.11. The minimum Gasteiger partial charge on any atom is -0.399 e. The number of hydrogen-bond donors (Lipinski definition) is 1. The van der Waals surface area contributed by atoms with Crippen molar-refractivity contribution in [2.75, 3.05) is 5.73 Å². The molecule has 17 heavy (non-hydrogen) atoms. The van der Waals surface area contributed by atoms with Crippen LogP contribution >= 0.6 is 11.8 Å². The summed E-state index contributed by atoms with van der Waals surface area (Å²) in [5.74, 6) is 2.41. The smallest absolute Gasteiger partial charge is 0.237 e. The summed E-state index contributed by atoms with van der Waals surface area (Å²) in [5, 5.41) is 3.92. The van der Waals surface area contributed by atoms with E-state index in [1.165, 1.54) is 0 Å². The minimum atomic E-state index is 0.300. The summed E-state index contributed by atoms with van der Waals surface area (Å²) >= 11 is 1.66. The van der Waals surface area contributed by atoms with Crippen molar-refractivity contribution >= 4 is 17.4 Å². The van der Waals surface area contributed by atoms with Crippen LogP contribution in [0.5, 0.6) is 0 Å². The van der Waals surface area contributed by atoms with Gasteiger partial charge in [0, 0.05) is 16.5 Å². The zero-order chi connectivity index (χ0) is 12.3. The van der Waals surface area contributed by atoms with Crippen LogP contribution in [0.25, 0.3) is 0 Å². The lowest BCUT2D eigenvalue weighted by molar-refractivity contribution is 0.383. The molecule has 0 bridgehead atoms. The number of rotatable bonds is 4. The van der Waals surface area contributed by atoms with Gasteiger partial charge in [0.1, 0.15) is 0 Å². The van der Waals surface area contributed by atoms with E-state index in [0.29, 0.717) is 17.6 Å². The van der Waals surface area contributed by atoms with E-state index in [4.69, 9.17) is 10.3 Å². The molecule has 0 spiro atoms. The number of nitrogens with zero attached hydrogens (tertiary/aromatic N) is 2. The molecule has 1 heterocycles. The molecule has 0 amide bonds. The van der Waals surface area contributed by atoms with Gasteiger partial charge in [-0.25, -0.2) is 0 Å². The van der Waals surface area contributed by atoms with Crippen LogP contribution in [0, 0.1) is 0 Å². The number of benzene rings is 1. The number of thioether (sulfide) groups is 1. The molecule has 0 atom stereocenters. The summed E-state index contributed by atoms with van der Waals surface area (Å²) in [7, 11) is 0. The van der Waals surface area contributed by atoms with Crippen molar-refractivity contribution in [3.63, 3.8) is 0 Å². The maximum absolute atomic E-state index is 5.62. The molecule has 0 aliphatic rings. The van der Waals surface area contributed by atoms with E-state index in [1.807, 2.05) is 38.1 Å². The van der Waals surface area contributed by atoms with Gasteiger partial charge >= 0.3 is 0 Å². The highest BCUT2D eigenvalue weighted by atomic mass is 32.2. The third kappa shape index (κ3) is 3.23. The molecule has 0 aliphatic heterocycles. The molecule has 5 heteroatoms. The van der Waals surface area contributed by atoms with E-state index in [2.05, 4.69) is 10.1 Å². The maximum Gasteiger partial charge on any atom is 0.237 e. The third-order valence-electron chi connectivity index (χ3n) is 2.24. The molecule has 1 aromatic carbocycles. The topological polar surface area (TPSA) is 64.9 Å². The first-order valence-electron chi connectivity index (χ1n) is 5.46. The Morgan fingerprint density at radius 1 is 1.29 bits per heavy atom. The van der Waals surface area contributed by atoms with E-state index < -0.39 is 0 Å². The Bertz CT molecular complexity index is 479. The molecule has 0 aliphatic carbocycles. The fraction of sp³-hybridized carbons (Fsp3) is 0.333. The summed E-state index contributed by atoms with van der Waals surface area (Å²) in [6.07, 6.45) is 0. The van der Waals surface area contributed by atoms with Crippen molar-refractivity contribution in [3.05, 3.63) is 36.0 Å². The third-order valence-corrected chi connectivity index (χ3v) is 3.24. The number of nitrogen functional groups attached to an aromatic ring is 1. The second-order valence-electron chi connectivity index (χ2n) is 4.06. The first-order chi connectivity index (χ1) is 8.15. The van der Waals surface area contributed by atoms with Crippen LogP contribution in [0.1, 0.15) is 31.5 Å². The zero-order valence-electron chi connectivity index (χ0n) is 9.88. The Hall–Kier alpha value is -1.49. The van der Waals surface area contributed by atoms with Gasteiger partial charge in [-0.3, -0.25) is 0 Å². The van der Waals surface area contributed by atoms with Crippen molar-refractivity contribution in [1.82, 2.24) is 10.1 Å². The Balaban J connectivity index is 1.95. The van der Waals surface area contributed by atoms with Gasteiger partial charge in [-0.2, -0.15) is 4.98 Å². The molecule has 4 nitrogen and oxygen atoms in total. The van der Waals surface area contributed by atoms with Gasteiger partial charge in [0.15, 0.2) is 5.82 Å². The average Bonchev–Trinajstić information content (AvgIpc) is 2.77. The first-order valence-corrected chi connectivity index (χ1v) is 6.44. The Morgan fingerprint density at radius 3 is 2.59 bits per heavy atom. The molecule has 1 aromatic heterocycles. The van der Waals surface area contributed by atoms with Crippen LogP contribution in [0.3, 0.4) is 0 Å². The van der Waals surface area contributed by atoms with Gasteiger partial charge in [0.05, 0.1) is 5.75 Å². The largest absolute Gasteiger partial charge is 0.399 e. The quantitative estimate of drug-likeness (QED) is 0.666. The predicted octanol–water partition coefficient (Wildman–Crippen LogP) is 3.07. The highest BCUT2D eigenvalue weighted by Gasteiger charge is 2.09. The van der Waals surface area contributed by atoms with Gasteiger partial charge in [-0.05, 0) is 24.3 Å². The molecule has 0 fully saturated rings. The number of anilines is 1. The van der Waals surface area contributed by atoms with E-state index in [-0.39, 0.29) is 0 Å². The lowest BCUT2D eigenvalue weighted by Crippen LogP contribution is -1.90. The standard InChI is InChI=1S/C12H15N3OS/c1-8(2)12-14-11(16-15-12)7-17-10-5-3-9(13)4-6-10/h3-6,8H,7,13H2,1-2H3. The van der Waals surface area contributed by atoms with Gasteiger partial charge in [-0.1, -0.05) is 19.0 Å². The van der Waals surface area contributed by atoms with Crippen molar-refractivity contribution in [2.24, 2.45) is 0 Å². The van der Waals surface area contributed by atoms with Crippen LogP contribution in [-0.2, 0) is 5.75 Å². The number of nitrogens with two attached hydrogens (primary N) is 1. The summed E-state index contributed by atoms with van der Waals surface area (Å²) in [4.78, 5) is 5.46. The average molecular weight is 249 g/mol. The molecule has 2 rings (SSSR count). The van der Waals surface area contributed by atoms with E-state index in [0.717, 1.165) is 16.4 Å². The van der Waals surface area contributed by atoms with Crippen molar-refractivity contribution in [3.8, 4) is 0 Å². The van der Waals surface area contributed by atoms with Crippen LogP contribution in [0.15, 0.2) is 33.7 Å². The summed E-state index contributed by atoms with van der Waals surface area (Å²) in [6.45, 7) is 4.09. The SMILES string of the molecule is CC(C)c1noc(CSc2ccc(N)cc2)n1. The zero-order valence-corrected chi connectivity index (χ0v) is 10.7. The van der Waals surface area contributed by atoms with Gasteiger partial charge in [0.2, 0.25) is 5.89 Å². The number of hydrogen-bond acceptors (Lipinski definition) is 5. The molecule has 0 saturated heterocycles. The van der Waals surface area contributed by atoms with Crippen LogP contribution < -0.4 is 5.73 Å². The Morgan fingerprint density at radius 2 is 2.00 bits per heavy atom. The van der Waals surface area contributed by atoms with Crippen molar-refractivity contribution in [2.45, 2.75) is 30.4 Å². The Labute approximate surface area is 105 Å². The lowest BCUT2D eigenvalue weighted by atomic mass is 10.2.